The van der Waals surface area contributed by atoms with Crippen molar-refractivity contribution < 1.29 is 24.5 Å². The number of halogens is 1. The monoisotopic (exact) mass is 576 g/mol. The van der Waals surface area contributed by atoms with Crippen LogP contribution < -0.4 is 9.47 Å². The Morgan fingerprint density at radius 2 is 1.88 bits per heavy atom. The maximum Gasteiger partial charge on any atom is 0.303 e. The van der Waals surface area contributed by atoms with E-state index in [1.165, 1.54) is 0 Å². The van der Waals surface area contributed by atoms with Crippen LogP contribution in [0, 0.1) is 0 Å². The van der Waals surface area contributed by atoms with Crippen LogP contribution in [0.15, 0.2) is 66.9 Å². The van der Waals surface area contributed by atoms with E-state index in [-0.39, 0.29) is 6.42 Å². The molecular formula is C33H37ClN2O5. The van der Waals surface area contributed by atoms with E-state index in [0.29, 0.717) is 43.2 Å². The molecule has 2 aliphatic rings. The molecule has 2 N–H and O–H groups in total. The van der Waals surface area contributed by atoms with Gasteiger partial charge in [-0.1, -0.05) is 35.9 Å². The predicted molar refractivity (Wildman–Crippen MR) is 160 cm³/mol. The van der Waals surface area contributed by atoms with E-state index in [1.54, 1.807) is 6.20 Å². The maximum atomic E-state index is 11.2. The SMILES string of the molecule is O=C(O)CCCCCOc1cccc2c1CC(=CCCN1CCC(O)(c3ccc(Cl)cc3)CC1)c1cccnc1O2. The lowest BCUT2D eigenvalue weighted by Gasteiger charge is -2.38. The molecule has 0 bridgehead atoms. The highest BCUT2D eigenvalue weighted by molar-refractivity contribution is 6.30. The number of unbranched alkanes of at least 4 members (excludes halogenated alkanes) is 2. The van der Waals surface area contributed by atoms with Crippen LogP contribution in [0.5, 0.6) is 17.4 Å². The largest absolute Gasteiger partial charge is 0.493 e. The molecule has 1 aromatic heterocycles. The first kappa shape index (κ1) is 29.1. The number of fused-ring (bicyclic) bond motifs is 2. The highest BCUT2D eigenvalue weighted by atomic mass is 35.5. The Hall–Kier alpha value is -3.39. The molecule has 1 saturated heterocycles. The second-order valence-corrected chi connectivity index (χ2v) is 11.3. The summed E-state index contributed by atoms with van der Waals surface area (Å²) in [6.45, 7) is 3.09. The Balaban J connectivity index is 1.23. The first-order valence-corrected chi connectivity index (χ1v) is 14.8. The van der Waals surface area contributed by atoms with E-state index in [1.807, 2.05) is 48.5 Å². The van der Waals surface area contributed by atoms with Gasteiger partial charge in [0.05, 0.1) is 12.2 Å². The number of nitrogens with zero attached hydrogens (tertiary/aromatic N) is 2. The average Bonchev–Trinajstić information content (AvgIpc) is 3.13. The van der Waals surface area contributed by atoms with Gasteiger partial charge in [0, 0.05) is 54.8 Å². The molecular weight excluding hydrogens is 540 g/mol. The minimum atomic E-state index is -0.806. The smallest absolute Gasteiger partial charge is 0.303 e. The maximum absolute atomic E-state index is 11.2. The van der Waals surface area contributed by atoms with Gasteiger partial charge < -0.3 is 24.6 Å². The predicted octanol–water partition coefficient (Wildman–Crippen LogP) is 6.86. The quantitative estimate of drug-likeness (QED) is 0.241. The number of aliphatic hydroxyl groups is 1. The van der Waals surface area contributed by atoms with Crippen LogP contribution >= 0.6 is 11.6 Å². The second-order valence-electron chi connectivity index (χ2n) is 10.8. The van der Waals surface area contributed by atoms with Crippen LogP contribution in [0.3, 0.4) is 0 Å². The van der Waals surface area contributed by atoms with Crippen molar-refractivity contribution in [2.75, 3.05) is 26.2 Å². The van der Waals surface area contributed by atoms with E-state index >= 15 is 0 Å². The number of piperidine rings is 1. The zero-order chi connectivity index (χ0) is 28.7. The molecule has 5 rings (SSSR count). The minimum absolute atomic E-state index is 0.189. The summed E-state index contributed by atoms with van der Waals surface area (Å²) in [6.07, 6.45) is 9.39. The number of rotatable bonds is 11. The average molecular weight is 577 g/mol. The van der Waals surface area contributed by atoms with Gasteiger partial charge in [-0.3, -0.25) is 4.79 Å². The van der Waals surface area contributed by atoms with Crippen molar-refractivity contribution in [2.45, 2.75) is 57.0 Å². The van der Waals surface area contributed by atoms with Gasteiger partial charge >= 0.3 is 5.97 Å². The number of carbonyl (C=O) groups is 1. The highest BCUT2D eigenvalue weighted by Crippen LogP contribution is 2.41. The zero-order valence-corrected chi connectivity index (χ0v) is 24.0. The van der Waals surface area contributed by atoms with Crippen LogP contribution in [-0.2, 0) is 16.8 Å². The third-order valence-electron chi connectivity index (χ3n) is 7.97. The van der Waals surface area contributed by atoms with Gasteiger partial charge in [0.1, 0.15) is 11.5 Å². The van der Waals surface area contributed by atoms with E-state index in [9.17, 15) is 9.90 Å². The van der Waals surface area contributed by atoms with Crippen LogP contribution in [0.25, 0.3) is 5.57 Å². The molecule has 0 saturated carbocycles. The first-order valence-electron chi connectivity index (χ1n) is 14.4. The molecule has 0 atom stereocenters. The third kappa shape index (κ3) is 7.47. The Labute approximate surface area is 246 Å². The van der Waals surface area contributed by atoms with E-state index < -0.39 is 11.6 Å². The zero-order valence-electron chi connectivity index (χ0n) is 23.2. The molecule has 216 valence electrons. The van der Waals surface area contributed by atoms with Gasteiger partial charge in [-0.2, -0.15) is 0 Å². The fourth-order valence-corrected chi connectivity index (χ4v) is 5.72. The van der Waals surface area contributed by atoms with Crippen LogP contribution in [0.1, 0.15) is 61.6 Å². The van der Waals surface area contributed by atoms with Gasteiger partial charge in [-0.25, -0.2) is 4.98 Å². The highest BCUT2D eigenvalue weighted by Gasteiger charge is 2.33. The van der Waals surface area contributed by atoms with Gasteiger partial charge in [-0.05, 0) is 86.1 Å². The first-order chi connectivity index (χ1) is 19.9. The van der Waals surface area contributed by atoms with Crippen LogP contribution in [-0.4, -0.2) is 52.3 Å². The fraction of sp³-hybridized carbons (Fsp3) is 0.394. The normalized spacial score (nSPS) is 17.3. The Morgan fingerprint density at radius 1 is 1.07 bits per heavy atom. The number of ether oxygens (including phenoxy) is 2. The van der Waals surface area contributed by atoms with Gasteiger partial charge in [0.15, 0.2) is 0 Å². The van der Waals surface area contributed by atoms with Crippen molar-refractivity contribution in [1.29, 1.82) is 0 Å². The number of hydrogen-bond acceptors (Lipinski definition) is 6. The number of aromatic nitrogens is 1. The lowest BCUT2D eigenvalue weighted by atomic mass is 9.84. The molecule has 0 radical (unpaired) electrons. The topological polar surface area (TPSA) is 92.1 Å². The summed E-state index contributed by atoms with van der Waals surface area (Å²) in [6, 6.07) is 17.4. The molecule has 1 fully saturated rings. The van der Waals surface area contributed by atoms with Gasteiger partial charge in [0.2, 0.25) is 5.88 Å². The number of benzene rings is 2. The summed E-state index contributed by atoms with van der Waals surface area (Å²) < 4.78 is 12.4. The fourth-order valence-electron chi connectivity index (χ4n) is 5.59. The molecule has 41 heavy (non-hydrogen) atoms. The number of allylic oxidation sites excluding steroid dienone is 1. The van der Waals surface area contributed by atoms with Crippen molar-refractivity contribution >= 4 is 23.1 Å². The standard InChI is InChI=1S/C33H37ClN2O5/c34-26-14-12-25(13-15-26)33(39)16-20-36(21-17-33)19-6-7-24-23-28-29(40-22-3-1-2-11-31(37)38)9-4-10-30(28)41-32-27(24)8-5-18-35-32/h4-5,7-10,12-15,18,39H,1-3,6,11,16-17,19-23H2,(H,37,38). The second kappa shape index (κ2) is 13.5. The van der Waals surface area contributed by atoms with Crippen molar-refractivity contribution in [2.24, 2.45) is 0 Å². The minimum Gasteiger partial charge on any atom is -0.493 e. The number of pyridine rings is 1. The van der Waals surface area contributed by atoms with Crippen molar-refractivity contribution in [3.05, 3.63) is 88.6 Å². The molecule has 0 unspecified atom stereocenters. The summed E-state index contributed by atoms with van der Waals surface area (Å²) in [5, 5.41) is 20.7. The summed E-state index contributed by atoms with van der Waals surface area (Å²) in [4.78, 5) is 17.7. The summed E-state index contributed by atoms with van der Waals surface area (Å²) in [5.41, 5.74) is 3.26. The molecule has 2 aromatic carbocycles. The Kier molecular flexibility index (Phi) is 9.60. The van der Waals surface area contributed by atoms with Crippen LogP contribution in [0.4, 0.5) is 0 Å². The van der Waals surface area contributed by atoms with Gasteiger partial charge in [0.25, 0.3) is 0 Å². The summed E-state index contributed by atoms with van der Waals surface area (Å²) in [7, 11) is 0. The Morgan fingerprint density at radius 3 is 2.66 bits per heavy atom. The summed E-state index contributed by atoms with van der Waals surface area (Å²) >= 11 is 6.04. The van der Waals surface area contributed by atoms with E-state index in [0.717, 1.165) is 72.7 Å². The van der Waals surface area contributed by atoms with Gasteiger partial charge in [-0.15, -0.1) is 0 Å². The van der Waals surface area contributed by atoms with E-state index in [2.05, 4.69) is 22.0 Å². The molecule has 8 heteroatoms. The number of aliphatic carboxylic acids is 1. The molecule has 3 aromatic rings. The Bertz CT molecular complexity index is 1370. The number of hydrogen-bond donors (Lipinski definition) is 2. The lowest BCUT2D eigenvalue weighted by Crippen LogP contribution is -2.42. The van der Waals surface area contributed by atoms with E-state index in [4.69, 9.17) is 26.2 Å². The molecule has 7 nitrogen and oxygen atoms in total. The van der Waals surface area contributed by atoms with Crippen LogP contribution in [0.2, 0.25) is 5.02 Å². The number of carboxylic acid groups (broad SMARTS) is 1. The molecule has 3 heterocycles. The summed E-state index contributed by atoms with van der Waals surface area (Å²) in [5.74, 6) is 1.36. The number of carboxylic acids is 1. The van der Waals surface area contributed by atoms with Crippen molar-refractivity contribution in [3.63, 3.8) is 0 Å². The molecule has 0 amide bonds. The molecule has 0 spiro atoms. The molecule has 0 aliphatic carbocycles. The number of likely N-dealkylation sites (tertiary alicyclic amines) is 1. The van der Waals surface area contributed by atoms with Crippen molar-refractivity contribution in [1.82, 2.24) is 9.88 Å². The van der Waals surface area contributed by atoms with Crippen molar-refractivity contribution in [3.8, 4) is 17.4 Å². The molecule has 2 aliphatic heterocycles. The lowest BCUT2D eigenvalue weighted by molar-refractivity contribution is -0.137. The third-order valence-corrected chi connectivity index (χ3v) is 8.23.